The molecule has 0 heterocycles. The Morgan fingerprint density at radius 1 is 1.29 bits per heavy atom. The van der Waals surface area contributed by atoms with Crippen molar-refractivity contribution >= 4 is 17.2 Å². The predicted molar refractivity (Wildman–Crippen MR) is 102 cm³/mol. The van der Waals surface area contributed by atoms with Crippen LogP contribution in [0.3, 0.4) is 0 Å². The zero-order valence-corrected chi connectivity index (χ0v) is 15.4. The van der Waals surface area contributed by atoms with Crippen molar-refractivity contribution in [1.29, 1.82) is 0 Å². The second-order valence-corrected chi connectivity index (χ2v) is 6.65. The Kier molecular flexibility index (Phi) is 6.24. The molecule has 130 valence electrons. The first-order valence-corrected chi connectivity index (χ1v) is 8.75. The SMILES string of the molecule is C=CC=C(C)c1cc(C(=O)OC)c(C)c(N(C)C2CCCCC2)c1. The van der Waals surface area contributed by atoms with Crippen LogP contribution in [0.4, 0.5) is 5.69 Å². The topological polar surface area (TPSA) is 29.5 Å². The van der Waals surface area contributed by atoms with Crippen LogP contribution in [0, 0.1) is 6.92 Å². The third-order valence-electron chi connectivity index (χ3n) is 5.11. The van der Waals surface area contributed by atoms with Gasteiger partial charge in [0.2, 0.25) is 0 Å². The first-order chi connectivity index (χ1) is 11.5. The lowest BCUT2D eigenvalue weighted by atomic mass is 9.92. The molecular weight excluding hydrogens is 298 g/mol. The fourth-order valence-corrected chi connectivity index (χ4v) is 3.55. The number of hydrogen-bond donors (Lipinski definition) is 0. The number of methoxy groups -OCH3 is 1. The number of allylic oxidation sites excluding steroid dienone is 3. The van der Waals surface area contributed by atoms with Crippen LogP contribution in [0.1, 0.15) is 60.5 Å². The van der Waals surface area contributed by atoms with Gasteiger partial charge in [0, 0.05) is 18.8 Å². The van der Waals surface area contributed by atoms with Crippen molar-refractivity contribution in [2.45, 2.75) is 52.0 Å². The summed E-state index contributed by atoms with van der Waals surface area (Å²) < 4.78 is 4.99. The monoisotopic (exact) mass is 327 g/mol. The van der Waals surface area contributed by atoms with Crippen LogP contribution in [-0.2, 0) is 4.74 Å². The molecular formula is C21H29NO2. The van der Waals surface area contributed by atoms with E-state index in [0.29, 0.717) is 11.6 Å². The smallest absolute Gasteiger partial charge is 0.338 e. The second kappa shape index (κ2) is 8.18. The molecule has 1 aromatic rings. The highest BCUT2D eigenvalue weighted by Crippen LogP contribution is 2.33. The van der Waals surface area contributed by atoms with Gasteiger partial charge in [-0.2, -0.15) is 0 Å². The quantitative estimate of drug-likeness (QED) is 0.554. The normalized spacial score (nSPS) is 15.9. The number of carbonyl (C=O) groups excluding carboxylic acids is 1. The van der Waals surface area contributed by atoms with E-state index in [1.54, 1.807) is 6.08 Å². The highest BCUT2D eigenvalue weighted by molar-refractivity contribution is 5.94. The zero-order chi connectivity index (χ0) is 17.7. The summed E-state index contributed by atoms with van der Waals surface area (Å²) >= 11 is 0. The second-order valence-electron chi connectivity index (χ2n) is 6.65. The van der Waals surface area contributed by atoms with Crippen LogP contribution in [-0.4, -0.2) is 26.2 Å². The van der Waals surface area contributed by atoms with Crippen LogP contribution in [0.15, 0.2) is 30.9 Å². The van der Waals surface area contributed by atoms with Crippen molar-refractivity contribution in [2.24, 2.45) is 0 Å². The van der Waals surface area contributed by atoms with Crippen molar-refractivity contribution in [3.8, 4) is 0 Å². The lowest BCUT2D eigenvalue weighted by molar-refractivity contribution is 0.0600. The van der Waals surface area contributed by atoms with Crippen LogP contribution in [0.5, 0.6) is 0 Å². The van der Waals surface area contributed by atoms with Gasteiger partial charge >= 0.3 is 5.97 Å². The van der Waals surface area contributed by atoms with Crippen molar-refractivity contribution in [3.63, 3.8) is 0 Å². The molecule has 0 saturated heterocycles. The van der Waals surface area contributed by atoms with E-state index in [9.17, 15) is 4.79 Å². The number of nitrogens with zero attached hydrogens (tertiary/aromatic N) is 1. The number of hydrogen-bond acceptors (Lipinski definition) is 3. The van der Waals surface area contributed by atoms with Crippen molar-refractivity contribution in [1.82, 2.24) is 0 Å². The molecule has 3 nitrogen and oxygen atoms in total. The highest BCUT2D eigenvalue weighted by Gasteiger charge is 2.23. The van der Waals surface area contributed by atoms with Crippen molar-refractivity contribution in [3.05, 3.63) is 47.6 Å². The Hall–Kier alpha value is -2.03. The number of esters is 1. The first kappa shape index (κ1) is 18.3. The summed E-state index contributed by atoms with van der Waals surface area (Å²) in [5, 5.41) is 0. The van der Waals surface area contributed by atoms with E-state index in [-0.39, 0.29) is 5.97 Å². The molecule has 2 rings (SSSR count). The number of rotatable bonds is 5. The van der Waals surface area contributed by atoms with Gasteiger partial charge in [-0.05, 0) is 55.5 Å². The Labute approximate surface area is 146 Å². The number of anilines is 1. The molecule has 0 N–H and O–H groups in total. The van der Waals surface area contributed by atoms with Gasteiger partial charge in [-0.3, -0.25) is 0 Å². The molecule has 0 atom stereocenters. The van der Waals surface area contributed by atoms with Gasteiger partial charge in [0.25, 0.3) is 0 Å². The Bertz CT molecular complexity index is 639. The molecule has 0 aromatic heterocycles. The van der Waals surface area contributed by atoms with E-state index in [2.05, 4.69) is 24.6 Å². The predicted octanol–water partition coefficient (Wildman–Crippen LogP) is 5.14. The van der Waals surface area contributed by atoms with E-state index in [4.69, 9.17) is 4.74 Å². The summed E-state index contributed by atoms with van der Waals surface area (Å²) in [5.41, 5.74) is 4.89. The van der Waals surface area contributed by atoms with Gasteiger partial charge < -0.3 is 9.64 Å². The number of ether oxygens (including phenoxy) is 1. The molecule has 1 fully saturated rings. The Morgan fingerprint density at radius 3 is 2.54 bits per heavy atom. The first-order valence-electron chi connectivity index (χ1n) is 8.75. The fourth-order valence-electron chi connectivity index (χ4n) is 3.55. The summed E-state index contributed by atoms with van der Waals surface area (Å²) in [5.74, 6) is -0.279. The van der Waals surface area contributed by atoms with E-state index >= 15 is 0 Å². The highest BCUT2D eigenvalue weighted by atomic mass is 16.5. The summed E-state index contributed by atoms with van der Waals surface area (Å²) in [6, 6.07) is 4.65. The maximum atomic E-state index is 12.2. The maximum Gasteiger partial charge on any atom is 0.338 e. The molecule has 24 heavy (non-hydrogen) atoms. The summed E-state index contributed by atoms with van der Waals surface area (Å²) in [7, 11) is 3.58. The number of carbonyl (C=O) groups is 1. The van der Waals surface area contributed by atoms with E-state index < -0.39 is 0 Å². The van der Waals surface area contributed by atoms with Gasteiger partial charge in [0.1, 0.15) is 0 Å². The molecule has 3 heteroatoms. The van der Waals surface area contributed by atoms with Gasteiger partial charge in [-0.25, -0.2) is 4.79 Å². The Morgan fingerprint density at radius 2 is 1.96 bits per heavy atom. The Balaban J connectivity index is 2.51. The van der Waals surface area contributed by atoms with Crippen LogP contribution in [0.25, 0.3) is 5.57 Å². The van der Waals surface area contributed by atoms with Crippen molar-refractivity contribution < 1.29 is 9.53 Å². The average molecular weight is 327 g/mol. The maximum absolute atomic E-state index is 12.2. The third-order valence-corrected chi connectivity index (χ3v) is 5.11. The minimum Gasteiger partial charge on any atom is -0.465 e. The third kappa shape index (κ3) is 3.89. The molecule has 0 aliphatic heterocycles. The molecule has 0 unspecified atom stereocenters. The molecule has 0 radical (unpaired) electrons. The zero-order valence-electron chi connectivity index (χ0n) is 15.4. The van der Waals surface area contributed by atoms with E-state index in [1.807, 2.05) is 26.0 Å². The molecule has 1 saturated carbocycles. The minimum absolute atomic E-state index is 0.279. The summed E-state index contributed by atoms with van der Waals surface area (Å²) in [4.78, 5) is 14.6. The van der Waals surface area contributed by atoms with Crippen LogP contribution >= 0.6 is 0 Å². The fraction of sp³-hybridized carbons (Fsp3) is 0.476. The molecule has 1 aromatic carbocycles. The lowest BCUT2D eigenvalue weighted by Gasteiger charge is -2.34. The van der Waals surface area contributed by atoms with Gasteiger partial charge in [0.05, 0.1) is 12.7 Å². The molecule has 0 spiro atoms. The molecule has 1 aliphatic rings. The summed E-state index contributed by atoms with van der Waals surface area (Å²) in [6.07, 6.45) is 10.1. The van der Waals surface area contributed by atoms with E-state index in [1.165, 1.54) is 39.2 Å². The lowest BCUT2D eigenvalue weighted by Crippen LogP contribution is -2.34. The van der Waals surface area contributed by atoms with Crippen LogP contribution < -0.4 is 4.90 Å². The molecule has 0 amide bonds. The van der Waals surface area contributed by atoms with Crippen LogP contribution in [0.2, 0.25) is 0 Å². The largest absolute Gasteiger partial charge is 0.465 e. The number of benzene rings is 1. The molecule has 1 aliphatic carbocycles. The van der Waals surface area contributed by atoms with Gasteiger partial charge in [-0.1, -0.05) is 38.0 Å². The average Bonchev–Trinajstić information content (AvgIpc) is 2.61. The summed E-state index contributed by atoms with van der Waals surface area (Å²) in [6.45, 7) is 7.82. The minimum atomic E-state index is -0.279. The standard InChI is InChI=1S/C21H29NO2/c1-6-10-15(2)17-13-19(21(23)24-5)16(3)20(14-17)22(4)18-11-8-7-9-12-18/h6,10,13-14,18H,1,7-9,11-12H2,2-5H3. The van der Waals surface area contributed by atoms with Gasteiger partial charge in [-0.15, -0.1) is 0 Å². The molecule has 0 bridgehead atoms. The van der Waals surface area contributed by atoms with Crippen molar-refractivity contribution in [2.75, 3.05) is 19.1 Å². The van der Waals surface area contributed by atoms with Gasteiger partial charge in [0.15, 0.2) is 0 Å². The van der Waals surface area contributed by atoms with E-state index in [0.717, 1.165) is 22.4 Å².